The van der Waals surface area contributed by atoms with Gasteiger partial charge in [0.2, 0.25) is 0 Å². The van der Waals surface area contributed by atoms with Gasteiger partial charge in [-0.05, 0) is 12.8 Å². The number of hydrogen-bond acceptors (Lipinski definition) is 20. The van der Waals surface area contributed by atoms with Gasteiger partial charge >= 0.3 is 0 Å². The molecule has 4 fully saturated rings. The Kier molecular flexibility index (Phi) is 14.4. The Morgan fingerprint density at radius 3 is 1.96 bits per heavy atom. The number of nitrogens with one attached hydrogen (secondary N) is 1. The van der Waals surface area contributed by atoms with Gasteiger partial charge in [-0.25, -0.2) is 4.39 Å². The zero-order valence-corrected chi connectivity index (χ0v) is 26.6. The third kappa shape index (κ3) is 8.82. The lowest BCUT2D eigenvalue weighted by Gasteiger charge is -2.47. The molecule has 49 heavy (non-hydrogen) atoms. The first-order valence-corrected chi connectivity index (χ1v) is 16.1. The Hall–Kier alpha value is -1.36. The van der Waals surface area contributed by atoms with Crippen molar-refractivity contribution in [1.29, 1.82) is 0 Å². The van der Waals surface area contributed by atoms with Gasteiger partial charge in [-0.2, -0.15) is 0 Å². The molecule has 4 rings (SSSR count). The van der Waals surface area contributed by atoms with Crippen LogP contribution in [0, 0.1) is 0 Å². The smallest absolute Gasteiger partial charge is 0.252 e. The van der Waals surface area contributed by atoms with Gasteiger partial charge in [0.15, 0.2) is 25.0 Å². The molecule has 3 heterocycles. The molecule has 20 N–H and O–H groups in total. The summed E-state index contributed by atoms with van der Waals surface area (Å²) >= 11 is 0. The molecule has 3 saturated heterocycles. The van der Waals surface area contributed by atoms with Crippen molar-refractivity contribution >= 4 is 5.91 Å². The number of halogens is 1. The number of rotatable bonds is 13. The maximum Gasteiger partial charge on any atom is 0.252 e. The van der Waals surface area contributed by atoms with Crippen LogP contribution in [-0.4, -0.2) is 190 Å². The van der Waals surface area contributed by atoms with Gasteiger partial charge in [0.1, 0.15) is 61.1 Å². The fraction of sp³-hybridized carbons (Fsp3) is 0.963. The predicted molar refractivity (Wildman–Crippen MR) is 161 cm³/mol. The number of ether oxygens (including phenoxy) is 6. The average Bonchev–Trinajstić information content (AvgIpc) is 3.38. The summed E-state index contributed by atoms with van der Waals surface area (Å²) < 4.78 is 49.0. The minimum Gasteiger partial charge on any atom is -0.394 e. The highest BCUT2D eigenvalue weighted by molar-refractivity contribution is 5.81. The topological polar surface area (TPSA) is 382 Å². The normalized spacial score (nSPS) is 47.5. The fourth-order valence-corrected chi connectivity index (χ4v) is 6.39. The number of aliphatic hydroxyl groups is 7. The lowest BCUT2D eigenvalue weighted by molar-refractivity contribution is -0.296. The Bertz CT molecular complexity index is 1060. The molecule has 286 valence electrons. The van der Waals surface area contributed by atoms with Gasteiger partial charge in [-0.3, -0.25) is 4.79 Å². The van der Waals surface area contributed by atoms with Crippen LogP contribution >= 0.6 is 0 Å². The molecule has 0 bridgehead atoms. The second-order valence-electron chi connectivity index (χ2n) is 12.8. The summed E-state index contributed by atoms with van der Waals surface area (Å²) in [6, 6.07) is -4.53. The van der Waals surface area contributed by atoms with Crippen LogP contribution in [0.25, 0.3) is 0 Å². The molecule has 20 atom stereocenters. The van der Waals surface area contributed by atoms with Crippen molar-refractivity contribution in [3.63, 3.8) is 0 Å². The van der Waals surface area contributed by atoms with E-state index in [9.17, 15) is 44.9 Å². The molecule has 3 aliphatic heterocycles. The largest absolute Gasteiger partial charge is 0.394 e. The van der Waals surface area contributed by atoms with Crippen LogP contribution in [0.5, 0.6) is 0 Å². The highest BCUT2D eigenvalue weighted by atomic mass is 19.1. The van der Waals surface area contributed by atoms with Crippen molar-refractivity contribution in [2.24, 2.45) is 34.4 Å². The summed E-state index contributed by atoms with van der Waals surface area (Å²) in [4.78, 5) is 12.6. The first kappa shape index (κ1) is 40.4. The van der Waals surface area contributed by atoms with Gasteiger partial charge in [0.25, 0.3) is 5.91 Å². The maximum atomic E-state index is 14.0. The van der Waals surface area contributed by atoms with Crippen LogP contribution in [-0.2, 0) is 33.2 Å². The lowest BCUT2D eigenvalue weighted by Crippen LogP contribution is -2.67. The van der Waals surface area contributed by atoms with Gasteiger partial charge in [-0.1, -0.05) is 0 Å². The molecule has 1 saturated carbocycles. The molecule has 0 aromatic rings. The van der Waals surface area contributed by atoms with Crippen LogP contribution in [0.4, 0.5) is 4.39 Å². The third-order valence-corrected chi connectivity index (χ3v) is 9.34. The molecular formula is C27H52FN7O14. The third-order valence-electron chi connectivity index (χ3n) is 9.34. The van der Waals surface area contributed by atoms with Crippen molar-refractivity contribution in [3.05, 3.63) is 0 Å². The van der Waals surface area contributed by atoms with Crippen LogP contribution in [0.1, 0.15) is 12.8 Å². The summed E-state index contributed by atoms with van der Waals surface area (Å²) in [5.74, 6) is -1.19. The van der Waals surface area contributed by atoms with Gasteiger partial charge in [0, 0.05) is 25.7 Å². The second kappa shape index (κ2) is 17.4. The number of nitrogens with two attached hydrogens (primary N) is 6. The Labute approximate surface area is 280 Å². The monoisotopic (exact) mass is 717 g/mol. The standard InChI is InChI=1S/C27H52FN7O14/c28-7(3-29)16(38)24(43)35-10-1-8(32)21(47-25-9(33)2-11(37)12(4-30)44-25)23(17(10)39)49-27-20(42)22(14(6-36)46-27)48-26-15(34)19(41)18(40)13(5-31)45-26/h7-23,25-27,36-42H,1-6,29-34H2,(H,35,43)/t7-,8+,9-,10-,11-,12-,13+,14-,15-,16+,17+,18-,19-,20-,21-,22-,23-,25-,26-,27+/m1/s1. The van der Waals surface area contributed by atoms with Crippen LogP contribution in [0.3, 0.4) is 0 Å². The minimum atomic E-state index is -2.16. The zero-order valence-electron chi connectivity index (χ0n) is 26.6. The number of alkyl halides is 1. The van der Waals surface area contributed by atoms with Crippen LogP contribution < -0.4 is 39.7 Å². The molecule has 22 heteroatoms. The Balaban J connectivity index is 1.56. The Morgan fingerprint density at radius 2 is 1.35 bits per heavy atom. The van der Waals surface area contributed by atoms with Crippen molar-refractivity contribution in [1.82, 2.24) is 5.32 Å². The first-order valence-electron chi connectivity index (χ1n) is 16.1. The molecule has 0 radical (unpaired) electrons. The van der Waals surface area contributed by atoms with Gasteiger partial charge in [0.05, 0.1) is 36.9 Å². The summed E-state index contributed by atoms with van der Waals surface area (Å²) in [6.07, 6.45) is -23.6. The maximum absolute atomic E-state index is 14.0. The highest BCUT2D eigenvalue weighted by Crippen LogP contribution is 2.34. The van der Waals surface area contributed by atoms with E-state index in [1.807, 2.05) is 0 Å². The van der Waals surface area contributed by atoms with Gasteiger partial charge in [-0.15, -0.1) is 0 Å². The fourth-order valence-electron chi connectivity index (χ4n) is 6.39. The number of amides is 1. The minimum absolute atomic E-state index is 0.0362. The summed E-state index contributed by atoms with van der Waals surface area (Å²) in [7, 11) is 0. The van der Waals surface area contributed by atoms with E-state index in [-0.39, 0.29) is 25.9 Å². The first-order chi connectivity index (χ1) is 23.2. The summed E-state index contributed by atoms with van der Waals surface area (Å²) in [5, 5.41) is 76.0. The molecule has 0 spiro atoms. The van der Waals surface area contributed by atoms with Crippen molar-refractivity contribution in [3.8, 4) is 0 Å². The van der Waals surface area contributed by atoms with Crippen molar-refractivity contribution in [2.75, 3.05) is 26.2 Å². The quantitative estimate of drug-likeness (QED) is 0.0840. The number of hydrogen-bond donors (Lipinski definition) is 14. The predicted octanol–water partition coefficient (Wildman–Crippen LogP) is -9.05. The van der Waals surface area contributed by atoms with Crippen LogP contribution in [0.2, 0.25) is 0 Å². The molecule has 1 amide bonds. The molecule has 21 nitrogen and oxygen atoms in total. The van der Waals surface area contributed by atoms with Crippen LogP contribution in [0.15, 0.2) is 0 Å². The molecule has 0 aromatic carbocycles. The van der Waals surface area contributed by atoms with Gasteiger partial charge < -0.3 is 104 Å². The summed E-state index contributed by atoms with van der Waals surface area (Å²) in [5.41, 5.74) is 35.2. The van der Waals surface area contributed by atoms with Crippen molar-refractivity contribution in [2.45, 2.75) is 135 Å². The molecule has 0 unspecified atom stereocenters. The SMILES string of the molecule is NC[C@@H](F)[C@H](O)C(=O)N[C@@H]1C[C@H](N)[C@@H](O[C@H]2O[C@H](CN)[C@H](O)C[C@H]2N)[C@H](O[C@@H]2O[C@H](CO)[C@@H](O[C@H]3O[C@@H](CN)[C@@H](O)[C@H](O)[C@H]3N)[C@H]2O)[C@H]1O. The summed E-state index contributed by atoms with van der Waals surface area (Å²) in [6.45, 7) is -1.67. The van der Waals surface area contributed by atoms with E-state index < -0.39 is 142 Å². The highest BCUT2D eigenvalue weighted by Gasteiger charge is 2.54. The lowest BCUT2D eigenvalue weighted by atomic mass is 9.83. The zero-order chi connectivity index (χ0) is 36.3. The number of aliphatic hydroxyl groups excluding tert-OH is 7. The van der Waals surface area contributed by atoms with E-state index in [1.54, 1.807) is 0 Å². The number of carbonyl (C=O) groups excluding carboxylic acids is 1. The molecule has 4 aliphatic rings. The van der Waals surface area contributed by atoms with E-state index in [0.717, 1.165) is 0 Å². The number of carbonyl (C=O) groups is 1. The molecule has 1 aliphatic carbocycles. The van der Waals surface area contributed by atoms with E-state index in [4.69, 9.17) is 62.8 Å². The van der Waals surface area contributed by atoms with E-state index >= 15 is 0 Å². The van der Waals surface area contributed by atoms with Crippen molar-refractivity contribution < 1.29 is 73.4 Å². The molecular weight excluding hydrogens is 665 g/mol. The molecule has 0 aromatic heterocycles. The second-order valence-corrected chi connectivity index (χ2v) is 12.8. The van der Waals surface area contributed by atoms with E-state index in [1.165, 1.54) is 0 Å². The van der Waals surface area contributed by atoms with E-state index in [2.05, 4.69) is 5.32 Å². The van der Waals surface area contributed by atoms with E-state index in [0.29, 0.717) is 0 Å². The average molecular weight is 718 g/mol. The Morgan fingerprint density at radius 1 is 0.755 bits per heavy atom.